The number of hydrogen-bond donors (Lipinski definition) is 0. The normalized spacial score (nSPS) is 10.2. The van der Waals surface area contributed by atoms with E-state index in [-0.39, 0.29) is 0 Å². The van der Waals surface area contributed by atoms with Crippen molar-refractivity contribution in [2.45, 2.75) is 20.8 Å². The Labute approximate surface area is 63.4 Å². The van der Waals surface area contributed by atoms with Crippen LogP contribution in [0.1, 0.15) is 20.8 Å². The molecule has 0 aliphatic carbocycles. The molecule has 0 unspecified atom stereocenters. The molecule has 1 radical (unpaired) electrons. The largest absolute Gasteiger partial charge is 0.337 e. The summed E-state index contributed by atoms with van der Waals surface area (Å²) >= 11 is 1.87. The Hall–Kier alpha value is 0.375. The van der Waals surface area contributed by atoms with E-state index in [1.165, 1.54) is 5.75 Å². The summed E-state index contributed by atoms with van der Waals surface area (Å²) in [5.41, 5.74) is 0. The molecule has 0 atom stereocenters. The molecule has 9 heavy (non-hydrogen) atoms. The molecule has 0 saturated carbocycles. The maximum Gasteiger partial charge on any atom is 0.288 e. The molecule has 0 aliphatic heterocycles. The molecule has 0 heterocycles. The lowest BCUT2D eigenvalue weighted by atomic mass is 10.3. The summed E-state index contributed by atoms with van der Waals surface area (Å²) in [6.07, 6.45) is 0. The van der Waals surface area contributed by atoms with Crippen LogP contribution in [-0.2, 0) is 0 Å². The monoisotopic (exact) mass is 144 g/mol. The van der Waals surface area contributed by atoms with Crippen LogP contribution in [0.4, 0.5) is 0 Å². The summed E-state index contributed by atoms with van der Waals surface area (Å²) in [4.78, 5) is 2.30. The summed E-state index contributed by atoms with van der Waals surface area (Å²) in [7, 11) is 0. The Balaban J connectivity index is 3.09. The van der Waals surface area contributed by atoms with Gasteiger partial charge in [-0.15, -0.1) is 0 Å². The maximum atomic E-state index is 2.30. The van der Waals surface area contributed by atoms with Crippen molar-refractivity contribution in [3.05, 3.63) is 0 Å². The van der Waals surface area contributed by atoms with E-state index < -0.39 is 0 Å². The minimum absolute atomic E-state index is 1.13. The van der Waals surface area contributed by atoms with Gasteiger partial charge in [0.25, 0.3) is 6.69 Å². The molecule has 0 bridgehead atoms. The summed E-state index contributed by atoms with van der Waals surface area (Å²) < 4.78 is 0. The predicted octanol–water partition coefficient (Wildman–Crippen LogP) is 1.62. The molecule has 0 rings (SSSR count). The van der Waals surface area contributed by atoms with Gasteiger partial charge in [0.05, 0.1) is 0 Å². The summed E-state index contributed by atoms with van der Waals surface area (Å²) in [6, 6.07) is 0. The second-order valence-electron chi connectivity index (χ2n) is 1.78. The van der Waals surface area contributed by atoms with Crippen molar-refractivity contribution in [3.63, 3.8) is 0 Å². The van der Waals surface area contributed by atoms with E-state index in [0.717, 1.165) is 13.1 Å². The molecule has 3 heteroatoms. The van der Waals surface area contributed by atoms with Crippen LogP contribution in [0.5, 0.6) is 0 Å². The van der Waals surface area contributed by atoms with Gasteiger partial charge in [0, 0.05) is 0 Å². The first-order chi connectivity index (χ1) is 4.35. The third kappa shape index (κ3) is 4.85. The van der Waals surface area contributed by atoms with Crippen LogP contribution in [0.2, 0.25) is 0 Å². The smallest absolute Gasteiger partial charge is 0.288 e. The summed E-state index contributed by atoms with van der Waals surface area (Å²) in [5, 5.41) is 0. The van der Waals surface area contributed by atoms with Crippen LogP contribution in [0.3, 0.4) is 0 Å². The zero-order valence-electron chi connectivity index (χ0n) is 6.55. The first-order valence-electron chi connectivity index (χ1n) is 3.54. The standard InChI is InChI=1S/C6H15BNS/c1-4-8(5-2)7-9-6-3/h4-6H2,1-3H3. The Kier molecular flexibility index (Phi) is 6.76. The molecule has 0 spiro atoms. The van der Waals surface area contributed by atoms with Gasteiger partial charge < -0.3 is 4.81 Å². The zero-order valence-corrected chi connectivity index (χ0v) is 7.37. The first kappa shape index (κ1) is 9.37. The van der Waals surface area contributed by atoms with Crippen LogP contribution in [0.25, 0.3) is 0 Å². The van der Waals surface area contributed by atoms with Gasteiger partial charge in [-0.3, -0.25) is 0 Å². The fourth-order valence-corrected chi connectivity index (χ4v) is 1.21. The van der Waals surface area contributed by atoms with E-state index in [9.17, 15) is 0 Å². The fourth-order valence-electron chi connectivity index (χ4n) is 0.553. The molecular formula is C6H15BNS. The number of hydrogen-bond acceptors (Lipinski definition) is 2. The molecule has 0 fully saturated rings. The van der Waals surface area contributed by atoms with Crippen LogP contribution in [0, 0.1) is 0 Å². The lowest BCUT2D eigenvalue weighted by Crippen LogP contribution is -2.25. The zero-order chi connectivity index (χ0) is 7.11. The lowest BCUT2D eigenvalue weighted by Gasteiger charge is -2.14. The lowest BCUT2D eigenvalue weighted by molar-refractivity contribution is 0.502. The van der Waals surface area contributed by atoms with E-state index in [2.05, 4.69) is 32.3 Å². The summed E-state index contributed by atoms with van der Waals surface area (Å²) in [6.45, 7) is 11.0. The average molecular weight is 144 g/mol. The van der Waals surface area contributed by atoms with Crippen LogP contribution in [0.15, 0.2) is 0 Å². The van der Waals surface area contributed by atoms with Crippen molar-refractivity contribution in [3.8, 4) is 0 Å². The molecular weight excluding hydrogens is 129 g/mol. The number of nitrogens with zero attached hydrogens (tertiary/aromatic N) is 1. The minimum atomic E-state index is 1.13. The van der Waals surface area contributed by atoms with E-state index in [1.807, 2.05) is 11.6 Å². The van der Waals surface area contributed by atoms with Crippen molar-refractivity contribution in [1.82, 2.24) is 4.81 Å². The quantitative estimate of drug-likeness (QED) is 0.539. The highest BCUT2D eigenvalue weighted by Gasteiger charge is 1.98. The number of rotatable bonds is 5. The van der Waals surface area contributed by atoms with Crippen LogP contribution < -0.4 is 0 Å². The third-order valence-corrected chi connectivity index (χ3v) is 1.98. The SMILES string of the molecule is CCS[B]N(CC)CC. The highest BCUT2D eigenvalue weighted by atomic mass is 32.2. The van der Waals surface area contributed by atoms with E-state index >= 15 is 0 Å². The molecule has 53 valence electrons. The topological polar surface area (TPSA) is 3.24 Å². The van der Waals surface area contributed by atoms with Crippen molar-refractivity contribution in [2.75, 3.05) is 18.8 Å². The van der Waals surface area contributed by atoms with Gasteiger partial charge in [0.2, 0.25) is 0 Å². The summed E-state index contributed by atoms with van der Waals surface area (Å²) in [5.74, 6) is 1.18. The van der Waals surface area contributed by atoms with Gasteiger partial charge >= 0.3 is 0 Å². The van der Waals surface area contributed by atoms with Crippen molar-refractivity contribution in [2.24, 2.45) is 0 Å². The van der Waals surface area contributed by atoms with Crippen molar-refractivity contribution < 1.29 is 0 Å². The molecule has 0 saturated heterocycles. The molecule has 1 nitrogen and oxygen atoms in total. The van der Waals surface area contributed by atoms with Crippen molar-refractivity contribution >= 4 is 18.3 Å². The van der Waals surface area contributed by atoms with Gasteiger partial charge in [0.15, 0.2) is 0 Å². The van der Waals surface area contributed by atoms with Gasteiger partial charge in [-0.05, 0) is 18.8 Å². The first-order valence-corrected chi connectivity index (χ1v) is 4.59. The van der Waals surface area contributed by atoms with Gasteiger partial charge in [-0.2, -0.15) is 11.6 Å². The maximum absolute atomic E-state index is 2.30. The van der Waals surface area contributed by atoms with E-state index in [4.69, 9.17) is 0 Å². The van der Waals surface area contributed by atoms with Crippen LogP contribution in [-0.4, -0.2) is 30.3 Å². The van der Waals surface area contributed by atoms with Gasteiger partial charge in [-0.25, -0.2) is 0 Å². The van der Waals surface area contributed by atoms with Gasteiger partial charge in [0.1, 0.15) is 0 Å². The second kappa shape index (κ2) is 6.49. The van der Waals surface area contributed by atoms with E-state index in [0.29, 0.717) is 0 Å². The Bertz CT molecular complexity index is 57.0. The highest BCUT2D eigenvalue weighted by Crippen LogP contribution is 1.98. The van der Waals surface area contributed by atoms with Crippen molar-refractivity contribution in [1.29, 1.82) is 0 Å². The molecule has 0 aliphatic rings. The Morgan fingerprint density at radius 3 is 2.11 bits per heavy atom. The minimum Gasteiger partial charge on any atom is -0.337 e. The fraction of sp³-hybridized carbons (Fsp3) is 1.00. The molecule has 0 aromatic heterocycles. The second-order valence-corrected chi connectivity index (χ2v) is 2.90. The molecule has 0 amide bonds. The predicted molar refractivity (Wildman–Crippen MR) is 46.8 cm³/mol. The highest BCUT2D eigenvalue weighted by molar-refractivity contribution is 8.22. The van der Waals surface area contributed by atoms with Gasteiger partial charge in [-0.1, -0.05) is 20.8 Å². The Morgan fingerprint density at radius 1 is 1.22 bits per heavy atom. The molecule has 0 aromatic rings. The average Bonchev–Trinajstić information content (AvgIpc) is 1.91. The third-order valence-electron chi connectivity index (χ3n) is 1.20. The Morgan fingerprint density at radius 2 is 1.78 bits per heavy atom. The molecule has 0 aromatic carbocycles. The van der Waals surface area contributed by atoms with E-state index in [1.54, 1.807) is 0 Å². The van der Waals surface area contributed by atoms with Crippen LogP contribution >= 0.6 is 11.6 Å². The molecule has 0 N–H and O–H groups in total.